The zero-order valence-electron chi connectivity index (χ0n) is 16.7. The summed E-state index contributed by atoms with van der Waals surface area (Å²) < 4.78 is 11.1. The molecule has 2 heterocycles. The molecule has 0 saturated carbocycles. The van der Waals surface area contributed by atoms with E-state index in [1.54, 1.807) is 13.3 Å². The van der Waals surface area contributed by atoms with Gasteiger partial charge in [-0.15, -0.1) is 0 Å². The van der Waals surface area contributed by atoms with Crippen molar-refractivity contribution < 1.29 is 9.47 Å². The van der Waals surface area contributed by atoms with Crippen LogP contribution in [0.2, 0.25) is 5.28 Å². The molecule has 0 fully saturated rings. The summed E-state index contributed by atoms with van der Waals surface area (Å²) in [6, 6.07) is 16.1. The molecule has 2 aromatic carbocycles. The lowest BCUT2D eigenvalue weighted by atomic mass is 10.0. The maximum atomic E-state index is 6.25. The van der Waals surface area contributed by atoms with Crippen molar-refractivity contribution >= 4 is 34.5 Å². The molecule has 0 radical (unpaired) electrons. The molecule has 1 aromatic heterocycles. The van der Waals surface area contributed by atoms with Crippen LogP contribution in [-0.2, 0) is 9.47 Å². The summed E-state index contributed by atoms with van der Waals surface area (Å²) in [6.45, 7) is 1.01. The second-order valence-electron chi connectivity index (χ2n) is 6.86. The highest BCUT2D eigenvalue weighted by molar-refractivity contribution is 6.29. The summed E-state index contributed by atoms with van der Waals surface area (Å²) in [4.78, 5) is 13.6. The Labute approximate surface area is 180 Å². The number of allylic oxidation sites excluding steroid dienone is 1. The Balaban J connectivity index is 1.74. The van der Waals surface area contributed by atoms with Crippen molar-refractivity contribution in [2.45, 2.75) is 18.7 Å². The van der Waals surface area contributed by atoms with Crippen molar-refractivity contribution in [1.82, 2.24) is 9.97 Å². The molecular weight excluding hydrogens is 400 g/mol. The van der Waals surface area contributed by atoms with Gasteiger partial charge in [-0.1, -0.05) is 48.5 Å². The maximum absolute atomic E-state index is 6.25. The molecule has 0 spiro atoms. The summed E-state index contributed by atoms with van der Waals surface area (Å²) >= 11 is 6.25. The maximum Gasteiger partial charge on any atom is 0.224 e. The first-order valence-electron chi connectivity index (χ1n) is 9.83. The third-order valence-electron chi connectivity index (χ3n) is 4.87. The number of fused-ring (bicyclic) bond motifs is 1. The van der Waals surface area contributed by atoms with Crippen LogP contribution in [0.5, 0.6) is 0 Å². The fraction of sp³-hybridized carbons (Fsp3) is 0.261. The van der Waals surface area contributed by atoms with Crippen molar-refractivity contribution in [3.05, 3.63) is 66.0 Å². The molecule has 0 amide bonds. The van der Waals surface area contributed by atoms with Crippen LogP contribution in [0.15, 0.2) is 65.7 Å². The molecule has 2 atom stereocenters. The fourth-order valence-electron chi connectivity index (χ4n) is 3.47. The zero-order chi connectivity index (χ0) is 20.8. The van der Waals surface area contributed by atoms with Gasteiger partial charge in [0.15, 0.2) is 0 Å². The largest absolute Gasteiger partial charge is 0.382 e. The first-order valence-corrected chi connectivity index (χ1v) is 10.2. The van der Waals surface area contributed by atoms with Gasteiger partial charge in [0.25, 0.3) is 0 Å². The molecule has 0 saturated heterocycles. The standard InChI is InChI=1S/C23H23ClN4O2/c1-29-14-15-30-19-12-5-6-13-25-21(19)27-22-20-17(16-8-3-2-4-9-16)10-7-11-18(20)26-23(24)28-22/h2-11,13,19,21H,12,14-15H2,1H3,(H,26,27,28). The molecular formula is C23H23ClN4O2. The van der Waals surface area contributed by atoms with Crippen molar-refractivity contribution in [2.75, 3.05) is 25.6 Å². The van der Waals surface area contributed by atoms with Crippen LogP contribution in [0.25, 0.3) is 22.0 Å². The molecule has 0 bridgehead atoms. The predicted molar refractivity (Wildman–Crippen MR) is 121 cm³/mol. The van der Waals surface area contributed by atoms with Crippen LogP contribution < -0.4 is 5.32 Å². The first kappa shape index (κ1) is 20.5. The van der Waals surface area contributed by atoms with E-state index in [1.807, 2.05) is 42.5 Å². The van der Waals surface area contributed by atoms with Gasteiger partial charge in [0.2, 0.25) is 5.28 Å². The van der Waals surface area contributed by atoms with Crippen molar-refractivity contribution in [3.63, 3.8) is 0 Å². The smallest absolute Gasteiger partial charge is 0.224 e. The second-order valence-corrected chi connectivity index (χ2v) is 7.20. The lowest BCUT2D eigenvalue weighted by molar-refractivity contribution is 0.0112. The third kappa shape index (κ3) is 4.67. The Morgan fingerprint density at radius 3 is 2.77 bits per heavy atom. The predicted octanol–water partition coefficient (Wildman–Crippen LogP) is 4.75. The van der Waals surface area contributed by atoms with Gasteiger partial charge in [-0.05, 0) is 41.3 Å². The third-order valence-corrected chi connectivity index (χ3v) is 5.04. The number of methoxy groups -OCH3 is 1. The molecule has 30 heavy (non-hydrogen) atoms. The quantitative estimate of drug-likeness (QED) is 0.439. The summed E-state index contributed by atoms with van der Waals surface area (Å²) in [5.41, 5.74) is 2.88. The number of aromatic nitrogens is 2. The normalized spacial score (nSPS) is 18.5. The van der Waals surface area contributed by atoms with Crippen LogP contribution in [0.4, 0.5) is 5.82 Å². The monoisotopic (exact) mass is 422 g/mol. The molecule has 1 aliphatic rings. The number of nitrogens with one attached hydrogen (secondary N) is 1. The van der Waals surface area contributed by atoms with E-state index >= 15 is 0 Å². The molecule has 1 N–H and O–H groups in total. The number of nitrogens with zero attached hydrogens (tertiary/aromatic N) is 3. The number of hydrogen-bond donors (Lipinski definition) is 1. The number of anilines is 1. The van der Waals surface area contributed by atoms with Crippen molar-refractivity contribution in [2.24, 2.45) is 4.99 Å². The van der Waals surface area contributed by atoms with Gasteiger partial charge < -0.3 is 14.8 Å². The highest BCUT2D eigenvalue weighted by Crippen LogP contribution is 2.33. The minimum Gasteiger partial charge on any atom is -0.382 e. The molecule has 4 rings (SSSR count). The van der Waals surface area contributed by atoms with Gasteiger partial charge >= 0.3 is 0 Å². The van der Waals surface area contributed by atoms with Crippen LogP contribution in [0.1, 0.15) is 6.42 Å². The van der Waals surface area contributed by atoms with E-state index in [2.05, 4.69) is 38.5 Å². The Kier molecular flexibility index (Phi) is 6.69. The average molecular weight is 423 g/mol. The van der Waals surface area contributed by atoms with Gasteiger partial charge in [0.1, 0.15) is 18.1 Å². The Hall–Kier alpha value is -2.80. The molecule has 154 valence electrons. The Bertz CT molecular complexity index is 1060. The van der Waals surface area contributed by atoms with E-state index in [1.165, 1.54) is 0 Å². The molecule has 6 nitrogen and oxygen atoms in total. The zero-order valence-corrected chi connectivity index (χ0v) is 17.4. The Morgan fingerprint density at radius 2 is 1.93 bits per heavy atom. The number of rotatable bonds is 7. The van der Waals surface area contributed by atoms with Crippen LogP contribution in [0, 0.1) is 0 Å². The van der Waals surface area contributed by atoms with Gasteiger partial charge in [-0.25, -0.2) is 9.97 Å². The first-order chi connectivity index (χ1) is 14.8. The average Bonchev–Trinajstić information content (AvgIpc) is 2.99. The molecule has 2 unspecified atom stereocenters. The lowest BCUT2D eigenvalue weighted by Crippen LogP contribution is -2.35. The second kappa shape index (κ2) is 9.80. The SMILES string of the molecule is COCCOC1CC=CC=NC1Nc1nc(Cl)nc2cccc(-c3ccccc3)c12. The number of benzene rings is 2. The van der Waals surface area contributed by atoms with Gasteiger partial charge in [0, 0.05) is 13.3 Å². The van der Waals surface area contributed by atoms with Crippen LogP contribution in [-0.4, -0.2) is 48.8 Å². The highest BCUT2D eigenvalue weighted by Gasteiger charge is 2.24. The van der Waals surface area contributed by atoms with Crippen molar-refractivity contribution in [1.29, 1.82) is 0 Å². The minimum atomic E-state index is -0.324. The highest BCUT2D eigenvalue weighted by atomic mass is 35.5. The number of hydrogen-bond acceptors (Lipinski definition) is 6. The molecule has 1 aliphatic heterocycles. The van der Waals surface area contributed by atoms with E-state index in [-0.39, 0.29) is 17.6 Å². The van der Waals surface area contributed by atoms with Gasteiger partial charge in [-0.3, -0.25) is 4.99 Å². The summed E-state index contributed by atoms with van der Waals surface area (Å²) in [5, 5.41) is 4.53. The van der Waals surface area contributed by atoms with E-state index < -0.39 is 0 Å². The number of halogens is 1. The topological polar surface area (TPSA) is 68.6 Å². The van der Waals surface area contributed by atoms with Crippen LogP contribution in [0.3, 0.4) is 0 Å². The van der Waals surface area contributed by atoms with Crippen molar-refractivity contribution in [3.8, 4) is 11.1 Å². The number of ether oxygens (including phenoxy) is 2. The van der Waals surface area contributed by atoms with E-state index in [9.17, 15) is 0 Å². The van der Waals surface area contributed by atoms with E-state index in [0.29, 0.717) is 19.0 Å². The lowest BCUT2D eigenvalue weighted by Gasteiger charge is -2.25. The van der Waals surface area contributed by atoms with Gasteiger partial charge in [-0.2, -0.15) is 0 Å². The molecule has 3 aromatic rings. The van der Waals surface area contributed by atoms with E-state index in [0.717, 1.165) is 28.5 Å². The summed E-state index contributed by atoms with van der Waals surface area (Å²) in [6.07, 6.45) is 5.99. The fourth-order valence-corrected chi connectivity index (χ4v) is 3.65. The van der Waals surface area contributed by atoms with Gasteiger partial charge in [0.05, 0.1) is 24.1 Å². The summed E-state index contributed by atoms with van der Waals surface area (Å²) in [7, 11) is 1.66. The summed E-state index contributed by atoms with van der Waals surface area (Å²) in [5.74, 6) is 0.633. The molecule has 0 aliphatic carbocycles. The number of aliphatic imine (C=N–C) groups is 1. The van der Waals surface area contributed by atoms with E-state index in [4.69, 9.17) is 21.1 Å². The minimum absolute atomic E-state index is 0.164. The Morgan fingerprint density at radius 1 is 1.07 bits per heavy atom. The molecule has 7 heteroatoms. The van der Waals surface area contributed by atoms with Crippen LogP contribution >= 0.6 is 11.6 Å².